The van der Waals surface area contributed by atoms with Crippen LogP contribution >= 0.6 is 11.3 Å². The maximum atomic E-state index is 12.7. The predicted molar refractivity (Wildman–Crippen MR) is 97.8 cm³/mol. The molecule has 4 aromatic heterocycles. The van der Waals surface area contributed by atoms with Crippen LogP contribution in [0.4, 0.5) is 13.2 Å². The third-order valence-corrected chi connectivity index (χ3v) is 5.18. The largest absolute Gasteiger partial charge is 0.416 e. The molecule has 0 saturated heterocycles. The van der Waals surface area contributed by atoms with Crippen LogP contribution in [0.15, 0.2) is 59.8 Å². The van der Waals surface area contributed by atoms with Gasteiger partial charge in [-0.3, -0.25) is 9.38 Å². The lowest BCUT2D eigenvalue weighted by atomic mass is 10.1. The molecule has 1 aromatic carbocycles. The standard InChI is InChI=1S/C18H9F3N6OS/c19-18(20,21)11-3-1-10(2-4-11)17-24-8-13(29-17)16-25-15(26-28-16)12-7-23-14-9-22-5-6-27(12)14/h1-9H. The van der Waals surface area contributed by atoms with Crippen molar-refractivity contribution in [2.24, 2.45) is 0 Å². The maximum absolute atomic E-state index is 12.7. The minimum absolute atomic E-state index is 0.264. The number of imidazole rings is 1. The molecule has 0 amide bonds. The average molecular weight is 414 g/mol. The molecule has 0 bridgehead atoms. The molecule has 0 N–H and O–H groups in total. The van der Waals surface area contributed by atoms with E-state index in [1.165, 1.54) is 23.5 Å². The third kappa shape index (κ3) is 3.14. The van der Waals surface area contributed by atoms with Crippen molar-refractivity contribution in [3.05, 3.63) is 60.8 Å². The second kappa shape index (κ2) is 6.48. The summed E-state index contributed by atoms with van der Waals surface area (Å²) in [5.41, 5.74) is 1.16. The molecular formula is C18H9F3N6OS. The quantitative estimate of drug-likeness (QED) is 0.430. The smallest absolute Gasteiger partial charge is 0.333 e. The molecule has 0 aliphatic rings. The van der Waals surface area contributed by atoms with E-state index >= 15 is 0 Å². The molecule has 0 atom stereocenters. The van der Waals surface area contributed by atoms with Gasteiger partial charge >= 0.3 is 6.18 Å². The first-order chi connectivity index (χ1) is 14.0. The predicted octanol–water partition coefficient (Wildman–Crippen LogP) is 4.59. The van der Waals surface area contributed by atoms with Crippen LogP contribution in [0.25, 0.3) is 38.5 Å². The number of alkyl halides is 3. The van der Waals surface area contributed by atoms with Crippen LogP contribution in [-0.4, -0.2) is 29.5 Å². The zero-order valence-corrected chi connectivity index (χ0v) is 15.1. The van der Waals surface area contributed by atoms with E-state index < -0.39 is 11.7 Å². The zero-order valence-electron chi connectivity index (χ0n) is 14.3. The van der Waals surface area contributed by atoms with Crippen molar-refractivity contribution >= 4 is 17.0 Å². The van der Waals surface area contributed by atoms with E-state index in [4.69, 9.17) is 4.52 Å². The fourth-order valence-electron chi connectivity index (χ4n) is 2.74. The van der Waals surface area contributed by atoms with Gasteiger partial charge in [-0.2, -0.15) is 18.2 Å². The third-order valence-electron chi connectivity index (χ3n) is 4.15. The Labute approximate surface area is 164 Å². The number of halogens is 3. The van der Waals surface area contributed by atoms with Gasteiger partial charge in [0.2, 0.25) is 5.82 Å². The van der Waals surface area contributed by atoms with E-state index in [1.807, 2.05) is 0 Å². The first kappa shape index (κ1) is 17.5. The number of aromatic nitrogens is 6. The van der Waals surface area contributed by atoms with Gasteiger partial charge in [0.1, 0.15) is 15.6 Å². The summed E-state index contributed by atoms with van der Waals surface area (Å²) in [4.78, 5) is 17.5. The van der Waals surface area contributed by atoms with Crippen molar-refractivity contribution in [3.8, 4) is 32.9 Å². The molecular weight excluding hydrogens is 405 g/mol. The lowest BCUT2D eigenvalue weighted by Gasteiger charge is -2.06. The number of thiazole rings is 1. The molecule has 5 aromatic rings. The van der Waals surface area contributed by atoms with E-state index in [2.05, 4.69) is 25.1 Å². The number of hydrogen-bond donors (Lipinski definition) is 0. The molecule has 144 valence electrons. The molecule has 29 heavy (non-hydrogen) atoms. The van der Waals surface area contributed by atoms with Gasteiger partial charge in [-0.05, 0) is 12.1 Å². The molecule has 0 unspecified atom stereocenters. The second-order valence-corrected chi connectivity index (χ2v) is 7.01. The Morgan fingerprint density at radius 2 is 1.83 bits per heavy atom. The highest BCUT2D eigenvalue weighted by atomic mass is 32.1. The van der Waals surface area contributed by atoms with Crippen molar-refractivity contribution in [1.82, 2.24) is 29.5 Å². The Bertz CT molecular complexity index is 1310. The Balaban J connectivity index is 1.44. The summed E-state index contributed by atoms with van der Waals surface area (Å²) in [5, 5.41) is 4.54. The molecule has 0 fully saturated rings. The number of fused-ring (bicyclic) bond motifs is 1. The minimum atomic E-state index is -4.37. The molecule has 0 spiro atoms. The minimum Gasteiger partial charge on any atom is -0.333 e. The number of rotatable bonds is 3. The van der Waals surface area contributed by atoms with E-state index in [0.29, 0.717) is 32.6 Å². The van der Waals surface area contributed by atoms with Crippen molar-refractivity contribution in [2.45, 2.75) is 6.18 Å². The highest BCUT2D eigenvalue weighted by Crippen LogP contribution is 2.34. The van der Waals surface area contributed by atoms with Crippen molar-refractivity contribution in [2.75, 3.05) is 0 Å². The van der Waals surface area contributed by atoms with Crippen LogP contribution in [0, 0.1) is 0 Å². The van der Waals surface area contributed by atoms with Gasteiger partial charge < -0.3 is 4.52 Å². The Morgan fingerprint density at radius 3 is 2.62 bits per heavy atom. The van der Waals surface area contributed by atoms with Gasteiger partial charge in [-0.1, -0.05) is 17.3 Å². The Hall–Kier alpha value is -3.60. The van der Waals surface area contributed by atoms with Crippen LogP contribution in [0.3, 0.4) is 0 Å². The highest BCUT2D eigenvalue weighted by Gasteiger charge is 2.30. The van der Waals surface area contributed by atoms with Gasteiger partial charge in [-0.15, -0.1) is 11.3 Å². The van der Waals surface area contributed by atoms with E-state index in [0.717, 1.165) is 12.1 Å². The van der Waals surface area contributed by atoms with Gasteiger partial charge in [0, 0.05) is 18.0 Å². The van der Waals surface area contributed by atoms with Crippen molar-refractivity contribution < 1.29 is 17.7 Å². The lowest BCUT2D eigenvalue weighted by molar-refractivity contribution is -0.137. The summed E-state index contributed by atoms with van der Waals surface area (Å²) >= 11 is 1.25. The fourth-order valence-corrected chi connectivity index (χ4v) is 3.59. The number of nitrogens with zero attached hydrogens (tertiary/aromatic N) is 6. The van der Waals surface area contributed by atoms with Crippen molar-refractivity contribution in [3.63, 3.8) is 0 Å². The van der Waals surface area contributed by atoms with Gasteiger partial charge in [0.25, 0.3) is 5.89 Å². The molecule has 0 aliphatic heterocycles. The van der Waals surface area contributed by atoms with Crippen LogP contribution in [0.2, 0.25) is 0 Å². The normalized spacial score (nSPS) is 12.0. The molecule has 0 radical (unpaired) electrons. The summed E-state index contributed by atoms with van der Waals surface area (Å²) < 4.78 is 45.3. The fraction of sp³-hybridized carbons (Fsp3) is 0.0556. The van der Waals surface area contributed by atoms with Crippen LogP contribution in [0.1, 0.15) is 5.56 Å². The molecule has 11 heteroatoms. The second-order valence-electron chi connectivity index (χ2n) is 5.98. The molecule has 5 rings (SSSR count). The first-order valence-electron chi connectivity index (χ1n) is 8.24. The lowest BCUT2D eigenvalue weighted by Crippen LogP contribution is -2.03. The Morgan fingerprint density at radius 1 is 1.00 bits per heavy atom. The summed E-state index contributed by atoms with van der Waals surface area (Å²) in [6, 6.07) is 4.83. The zero-order chi connectivity index (χ0) is 20.0. The van der Waals surface area contributed by atoms with E-state index in [-0.39, 0.29) is 5.89 Å². The number of benzene rings is 1. The van der Waals surface area contributed by atoms with Gasteiger partial charge in [0.15, 0.2) is 5.65 Å². The number of hydrogen-bond acceptors (Lipinski definition) is 7. The summed E-state index contributed by atoms with van der Waals surface area (Å²) in [5.74, 6) is 0.614. The highest BCUT2D eigenvalue weighted by molar-refractivity contribution is 7.18. The maximum Gasteiger partial charge on any atom is 0.416 e. The van der Waals surface area contributed by atoms with E-state index in [1.54, 1.807) is 35.4 Å². The molecule has 0 saturated carbocycles. The van der Waals surface area contributed by atoms with Gasteiger partial charge in [0.05, 0.1) is 24.2 Å². The SMILES string of the molecule is FC(F)(F)c1ccc(-c2ncc(-c3nc(-c4cnc5cnccn45)no3)s2)cc1. The topological polar surface area (TPSA) is 82.0 Å². The van der Waals surface area contributed by atoms with Crippen molar-refractivity contribution in [1.29, 1.82) is 0 Å². The van der Waals surface area contributed by atoms with E-state index in [9.17, 15) is 13.2 Å². The van der Waals surface area contributed by atoms with Gasteiger partial charge in [-0.25, -0.2) is 9.97 Å². The van der Waals surface area contributed by atoms with Crippen LogP contribution in [0.5, 0.6) is 0 Å². The summed E-state index contributed by atoms with van der Waals surface area (Å²) in [7, 11) is 0. The summed E-state index contributed by atoms with van der Waals surface area (Å²) in [6.45, 7) is 0. The van der Waals surface area contributed by atoms with Crippen LogP contribution < -0.4 is 0 Å². The average Bonchev–Trinajstić information content (AvgIpc) is 3.45. The Kier molecular flexibility index (Phi) is 3.91. The molecule has 7 nitrogen and oxygen atoms in total. The van der Waals surface area contributed by atoms with Crippen LogP contribution in [-0.2, 0) is 6.18 Å². The molecule has 0 aliphatic carbocycles. The summed E-state index contributed by atoms with van der Waals surface area (Å²) in [6.07, 6.45) is 3.77. The first-order valence-corrected chi connectivity index (χ1v) is 9.06. The monoisotopic (exact) mass is 414 g/mol. The molecule has 4 heterocycles.